The summed E-state index contributed by atoms with van der Waals surface area (Å²) < 4.78 is 34.8. The number of aliphatic hydroxyl groups excluding tert-OH is 1. The lowest BCUT2D eigenvalue weighted by Crippen LogP contribution is -2.32. The van der Waals surface area contributed by atoms with E-state index >= 15 is 0 Å². The smallest absolute Gasteiger partial charge is 0.244 e. The molecule has 0 aliphatic carbocycles. The maximum atomic E-state index is 12.6. The summed E-state index contributed by atoms with van der Waals surface area (Å²) in [7, 11) is -3.63. The Morgan fingerprint density at radius 3 is 2.50 bits per heavy atom. The van der Waals surface area contributed by atoms with Gasteiger partial charge in [0.05, 0.1) is 17.5 Å². The standard InChI is InChI=1S/C16H29N3O4S/c1-11(2)19-13(4)16(12(3)18-19)24(21,22)17-8-5-15(20)14-6-9-23-10-7-14/h11,14-15,17,20H,5-10H2,1-4H3/t15-/m1/s1. The van der Waals surface area contributed by atoms with Crippen molar-refractivity contribution in [1.29, 1.82) is 0 Å². The summed E-state index contributed by atoms with van der Waals surface area (Å²) in [6, 6.07) is 0.1000. The van der Waals surface area contributed by atoms with Crippen molar-refractivity contribution in [2.45, 2.75) is 64.0 Å². The second-order valence-electron chi connectivity index (χ2n) is 6.74. The minimum absolute atomic E-state index is 0.1000. The first kappa shape index (κ1) is 19.4. The zero-order chi connectivity index (χ0) is 17.9. The first-order chi connectivity index (χ1) is 11.2. The molecule has 1 aromatic heterocycles. The number of aromatic nitrogens is 2. The Hall–Kier alpha value is -0.960. The number of aliphatic hydroxyl groups is 1. The van der Waals surface area contributed by atoms with Crippen molar-refractivity contribution in [2.24, 2.45) is 5.92 Å². The predicted molar refractivity (Wildman–Crippen MR) is 91.4 cm³/mol. The van der Waals surface area contributed by atoms with E-state index in [1.165, 1.54) is 0 Å². The van der Waals surface area contributed by atoms with E-state index < -0.39 is 16.1 Å². The molecule has 7 nitrogen and oxygen atoms in total. The van der Waals surface area contributed by atoms with Crippen LogP contribution >= 0.6 is 0 Å². The molecule has 1 fully saturated rings. The fourth-order valence-corrected chi connectivity index (χ4v) is 4.73. The van der Waals surface area contributed by atoms with Crippen LogP contribution in [0.3, 0.4) is 0 Å². The lowest BCUT2D eigenvalue weighted by Gasteiger charge is -2.26. The first-order valence-corrected chi connectivity index (χ1v) is 10.0. The third-order valence-electron chi connectivity index (χ3n) is 4.56. The van der Waals surface area contributed by atoms with E-state index in [0.29, 0.717) is 31.0 Å². The number of nitrogens with one attached hydrogen (secondary N) is 1. The van der Waals surface area contributed by atoms with E-state index in [-0.39, 0.29) is 23.4 Å². The molecule has 2 heterocycles. The Kier molecular flexibility index (Phi) is 6.41. The minimum atomic E-state index is -3.63. The highest BCUT2D eigenvalue weighted by Gasteiger charge is 2.26. The number of sulfonamides is 1. The molecular formula is C16H29N3O4S. The zero-order valence-corrected chi connectivity index (χ0v) is 15.8. The summed E-state index contributed by atoms with van der Waals surface area (Å²) in [5.41, 5.74) is 1.14. The molecule has 0 spiro atoms. The summed E-state index contributed by atoms with van der Waals surface area (Å²) >= 11 is 0. The number of hydrogen-bond donors (Lipinski definition) is 2. The fraction of sp³-hybridized carbons (Fsp3) is 0.812. The van der Waals surface area contributed by atoms with Gasteiger partial charge in [0, 0.05) is 25.8 Å². The fourth-order valence-electron chi connectivity index (χ4n) is 3.29. The van der Waals surface area contributed by atoms with Crippen LogP contribution in [-0.4, -0.2) is 49.2 Å². The molecule has 0 bridgehead atoms. The molecule has 24 heavy (non-hydrogen) atoms. The van der Waals surface area contributed by atoms with Crippen LogP contribution in [0.4, 0.5) is 0 Å². The topological polar surface area (TPSA) is 93.5 Å². The molecule has 0 radical (unpaired) electrons. The lowest BCUT2D eigenvalue weighted by molar-refractivity contribution is 0.00567. The SMILES string of the molecule is Cc1nn(C(C)C)c(C)c1S(=O)(=O)NCC[C@@H](O)C1CCOCC1. The van der Waals surface area contributed by atoms with Crippen molar-refractivity contribution in [1.82, 2.24) is 14.5 Å². The summed E-state index contributed by atoms with van der Waals surface area (Å²) in [6.07, 6.45) is 1.55. The quantitative estimate of drug-likeness (QED) is 0.770. The Morgan fingerprint density at radius 1 is 1.33 bits per heavy atom. The molecule has 1 aliphatic rings. The second kappa shape index (κ2) is 7.95. The Balaban J connectivity index is 1.99. The molecule has 0 amide bonds. The van der Waals surface area contributed by atoms with Gasteiger partial charge in [0.2, 0.25) is 10.0 Å². The normalized spacial score (nSPS) is 18.2. The van der Waals surface area contributed by atoms with Crippen LogP contribution in [0.1, 0.15) is 50.5 Å². The van der Waals surface area contributed by atoms with E-state index in [4.69, 9.17) is 4.74 Å². The summed E-state index contributed by atoms with van der Waals surface area (Å²) in [5.74, 6) is 0.190. The van der Waals surface area contributed by atoms with Gasteiger partial charge in [-0.15, -0.1) is 0 Å². The molecule has 1 aromatic rings. The van der Waals surface area contributed by atoms with Crippen LogP contribution < -0.4 is 4.72 Å². The monoisotopic (exact) mass is 359 g/mol. The molecule has 0 saturated carbocycles. The zero-order valence-electron chi connectivity index (χ0n) is 14.9. The molecule has 1 saturated heterocycles. The average molecular weight is 359 g/mol. The average Bonchev–Trinajstić information content (AvgIpc) is 2.83. The predicted octanol–water partition coefficient (Wildman–Crippen LogP) is 1.54. The van der Waals surface area contributed by atoms with Crippen molar-refractivity contribution in [3.8, 4) is 0 Å². The molecule has 0 unspecified atom stereocenters. The van der Waals surface area contributed by atoms with Crippen LogP contribution in [0.5, 0.6) is 0 Å². The highest BCUT2D eigenvalue weighted by atomic mass is 32.2. The van der Waals surface area contributed by atoms with Gasteiger partial charge in [-0.2, -0.15) is 5.10 Å². The van der Waals surface area contributed by atoms with Gasteiger partial charge >= 0.3 is 0 Å². The van der Waals surface area contributed by atoms with Gasteiger partial charge in [0.25, 0.3) is 0 Å². The summed E-state index contributed by atoms with van der Waals surface area (Å²) in [6.45, 7) is 8.96. The molecular weight excluding hydrogens is 330 g/mol. The van der Waals surface area contributed by atoms with E-state index in [2.05, 4.69) is 9.82 Å². The van der Waals surface area contributed by atoms with Gasteiger partial charge in [-0.1, -0.05) is 0 Å². The minimum Gasteiger partial charge on any atom is -0.393 e. The maximum Gasteiger partial charge on any atom is 0.244 e. The Labute approximate surface area is 144 Å². The van der Waals surface area contributed by atoms with E-state index in [1.54, 1.807) is 18.5 Å². The van der Waals surface area contributed by atoms with Crippen LogP contribution in [0.25, 0.3) is 0 Å². The molecule has 1 atom stereocenters. The molecule has 2 N–H and O–H groups in total. The van der Waals surface area contributed by atoms with Crippen molar-refractivity contribution < 1.29 is 18.3 Å². The third kappa shape index (κ3) is 4.36. The largest absolute Gasteiger partial charge is 0.393 e. The first-order valence-electron chi connectivity index (χ1n) is 8.55. The molecule has 2 rings (SSSR count). The highest BCUT2D eigenvalue weighted by Crippen LogP contribution is 2.23. The van der Waals surface area contributed by atoms with Crippen LogP contribution in [0.15, 0.2) is 4.90 Å². The number of rotatable bonds is 7. The number of aryl methyl sites for hydroxylation is 1. The summed E-state index contributed by atoms with van der Waals surface area (Å²) in [4.78, 5) is 0.247. The van der Waals surface area contributed by atoms with Crippen molar-refractivity contribution >= 4 is 10.0 Å². The van der Waals surface area contributed by atoms with Crippen LogP contribution in [0, 0.1) is 19.8 Å². The maximum absolute atomic E-state index is 12.6. The molecule has 8 heteroatoms. The van der Waals surface area contributed by atoms with Gasteiger partial charge in [-0.3, -0.25) is 4.68 Å². The van der Waals surface area contributed by atoms with Gasteiger partial charge in [-0.25, -0.2) is 13.1 Å². The highest BCUT2D eigenvalue weighted by molar-refractivity contribution is 7.89. The summed E-state index contributed by atoms with van der Waals surface area (Å²) in [5, 5.41) is 14.5. The van der Waals surface area contributed by atoms with Crippen molar-refractivity contribution in [3.05, 3.63) is 11.4 Å². The number of nitrogens with zero attached hydrogens (tertiary/aromatic N) is 2. The number of hydrogen-bond acceptors (Lipinski definition) is 5. The van der Waals surface area contributed by atoms with Gasteiger partial charge < -0.3 is 9.84 Å². The van der Waals surface area contributed by atoms with Crippen molar-refractivity contribution in [2.75, 3.05) is 19.8 Å². The molecule has 1 aliphatic heterocycles. The molecule has 138 valence electrons. The molecule has 0 aromatic carbocycles. The Bertz CT molecular complexity index is 649. The lowest BCUT2D eigenvalue weighted by atomic mass is 9.92. The van der Waals surface area contributed by atoms with Gasteiger partial charge in [0.15, 0.2) is 0 Å². The Morgan fingerprint density at radius 2 is 1.96 bits per heavy atom. The number of ether oxygens (including phenoxy) is 1. The van der Waals surface area contributed by atoms with Crippen LogP contribution in [-0.2, 0) is 14.8 Å². The van der Waals surface area contributed by atoms with Gasteiger partial charge in [0.1, 0.15) is 4.90 Å². The second-order valence-corrected chi connectivity index (χ2v) is 8.45. The van der Waals surface area contributed by atoms with Gasteiger partial charge in [-0.05, 0) is 52.9 Å². The van der Waals surface area contributed by atoms with Crippen LogP contribution in [0.2, 0.25) is 0 Å². The van der Waals surface area contributed by atoms with E-state index in [0.717, 1.165) is 12.8 Å². The van der Waals surface area contributed by atoms with Crippen molar-refractivity contribution in [3.63, 3.8) is 0 Å². The van der Waals surface area contributed by atoms with E-state index in [1.807, 2.05) is 13.8 Å². The van der Waals surface area contributed by atoms with E-state index in [9.17, 15) is 13.5 Å². The third-order valence-corrected chi connectivity index (χ3v) is 6.27.